The minimum Gasteiger partial charge on any atom is -0.367 e. The van der Waals surface area contributed by atoms with Gasteiger partial charge in [0, 0.05) is 38.8 Å². The molecule has 3 rings (SSSR count). The molecule has 1 saturated carbocycles. The average Bonchev–Trinajstić information content (AvgIpc) is 2.83. The summed E-state index contributed by atoms with van der Waals surface area (Å²) in [6.45, 7) is 5.21. The van der Waals surface area contributed by atoms with Gasteiger partial charge in [0.2, 0.25) is 0 Å². The number of anilines is 2. The van der Waals surface area contributed by atoms with Crippen molar-refractivity contribution in [3.63, 3.8) is 0 Å². The lowest BCUT2D eigenvalue weighted by atomic mass is 9.91. The van der Waals surface area contributed by atoms with Crippen molar-refractivity contribution < 1.29 is 0 Å². The Morgan fingerprint density at radius 1 is 0.824 bits per heavy atom. The molecule has 5 heteroatoms. The van der Waals surface area contributed by atoms with E-state index < -0.39 is 0 Å². The second-order valence-corrected chi connectivity index (χ2v) is 10.3. The first-order chi connectivity index (χ1) is 16.5. The van der Waals surface area contributed by atoms with Crippen molar-refractivity contribution in [3.05, 3.63) is 47.3 Å². The van der Waals surface area contributed by atoms with Gasteiger partial charge in [0.25, 0.3) is 0 Å². The number of benzene rings is 1. The molecular weight excluding hydrogens is 418 g/mol. The van der Waals surface area contributed by atoms with Crippen LogP contribution in [0.2, 0.25) is 0 Å². The van der Waals surface area contributed by atoms with Gasteiger partial charge in [-0.2, -0.15) is 0 Å². The molecule has 1 aromatic carbocycles. The molecule has 2 aromatic rings. The van der Waals surface area contributed by atoms with Crippen LogP contribution in [-0.4, -0.2) is 36.1 Å². The zero-order chi connectivity index (χ0) is 24.2. The molecular formula is C29H47N5. The van der Waals surface area contributed by atoms with Crippen LogP contribution in [0.3, 0.4) is 0 Å². The van der Waals surface area contributed by atoms with E-state index in [1.165, 1.54) is 88.2 Å². The van der Waals surface area contributed by atoms with Crippen molar-refractivity contribution >= 4 is 11.6 Å². The highest BCUT2D eigenvalue weighted by Crippen LogP contribution is 2.23. The van der Waals surface area contributed by atoms with Crippen LogP contribution >= 0.6 is 0 Å². The molecule has 0 unspecified atom stereocenters. The topological polar surface area (TPSA) is 53.1 Å². The highest BCUT2D eigenvalue weighted by molar-refractivity contribution is 5.49. The lowest BCUT2D eigenvalue weighted by molar-refractivity contribution is 0.352. The van der Waals surface area contributed by atoms with E-state index in [1.54, 1.807) is 0 Å². The van der Waals surface area contributed by atoms with E-state index >= 15 is 0 Å². The predicted molar refractivity (Wildman–Crippen MR) is 146 cm³/mol. The van der Waals surface area contributed by atoms with Gasteiger partial charge in [-0.15, -0.1) is 0 Å². The number of rotatable bonds is 14. The number of hydrogen-bond acceptors (Lipinski definition) is 5. The molecule has 0 radical (unpaired) electrons. The molecule has 1 heterocycles. The van der Waals surface area contributed by atoms with Crippen molar-refractivity contribution in [1.29, 1.82) is 0 Å². The standard InChI is InChI=1S/C29H47N5/c1-5-6-7-8-9-10-11-12-24-13-15-25(16-14-24)22-30-26-17-19-27(20-18-26)33-28-21-29(34(3)4)32-23(2)31-28/h13-16,21,26-27,30H,5-12,17-20,22H2,1-4H3,(H,31,32,33). The van der Waals surface area contributed by atoms with Crippen molar-refractivity contribution in [2.45, 2.75) is 110 Å². The van der Waals surface area contributed by atoms with Crippen molar-refractivity contribution in [3.8, 4) is 0 Å². The molecule has 1 aromatic heterocycles. The lowest BCUT2D eigenvalue weighted by Crippen LogP contribution is -2.36. The van der Waals surface area contributed by atoms with Crippen LogP contribution in [0.25, 0.3) is 0 Å². The van der Waals surface area contributed by atoms with Crippen LogP contribution in [0.1, 0.15) is 94.5 Å². The number of nitrogens with one attached hydrogen (secondary N) is 2. The Balaban J connectivity index is 1.32. The molecule has 5 nitrogen and oxygen atoms in total. The van der Waals surface area contributed by atoms with E-state index in [0.29, 0.717) is 12.1 Å². The molecule has 0 saturated heterocycles. The molecule has 34 heavy (non-hydrogen) atoms. The summed E-state index contributed by atoms with van der Waals surface area (Å²) in [5.41, 5.74) is 2.89. The highest BCUT2D eigenvalue weighted by Gasteiger charge is 2.21. The van der Waals surface area contributed by atoms with Crippen LogP contribution in [0.4, 0.5) is 11.6 Å². The minimum atomic E-state index is 0.494. The van der Waals surface area contributed by atoms with Crippen molar-refractivity contribution in [1.82, 2.24) is 15.3 Å². The normalized spacial score (nSPS) is 18.1. The van der Waals surface area contributed by atoms with Crippen LogP contribution in [0.5, 0.6) is 0 Å². The summed E-state index contributed by atoms with van der Waals surface area (Å²) in [5, 5.41) is 7.44. The molecule has 0 amide bonds. The van der Waals surface area contributed by atoms with Gasteiger partial charge in [-0.05, 0) is 56.6 Å². The molecule has 0 bridgehead atoms. The van der Waals surface area contributed by atoms with Gasteiger partial charge in [-0.25, -0.2) is 9.97 Å². The largest absolute Gasteiger partial charge is 0.367 e. The fourth-order valence-corrected chi connectivity index (χ4v) is 4.88. The Hall–Kier alpha value is -2.14. The quantitative estimate of drug-likeness (QED) is 0.306. The second-order valence-electron chi connectivity index (χ2n) is 10.3. The second kappa shape index (κ2) is 14.3. The molecule has 1 aliphatic carbocycles. The van der Waals surface area contributed by atoms with E-state index in [1.807, 2.05) is 25.9 Å². The van der Waals surface area contributed by atoms with Crippen LogP contribution in [0, 0.1) is 6.92 Å². The van der Waals surface area contributed by atoms with Gasteiger partial charge in [-0.3, -0.25) is 0 Å². The van der Waals surface area contributed by atoms with Gasteiger partial charge < -0.3 is 15.5 Å². The van der Waals surface area contributed by atoms with E-state index in [0.717, 1.165) is 24.0 Å². The van der Waals surface area contributed by atoms with E-state index in [2.05, 4.69) is 57.9 Å². The van der Waals surface area contributed by atoms with Crippen molar-refractivity contribution in [2.75, 3.05) is 24.3 Å². The number of aryl methyl sites for hydroxylation is 2. The Morgan fingerprint density at radius 3 is 2.12 bits per heavy atom. The summed E-state index contributed by atoms with van der Waals surface area (Å²) in [5.74, 6) is 2.72. The third kappa shape index (κ3) is 9.25. The monoisotopic (exact) mass is 465 g/mol. The third-order valence-corrected chi connectivity index (χ3v) is 7.05. The summed E-state index contributed by atoms with van der Waals surface area (Å²) in [7, 11) is 4.04. The van der Waals surface area contributed by atoms with Gasteiger partial charge in [0.15, 0.2) is 0 Å². The predicted octanol–water partition coefficient (Wildman–Crippen LogP) is 6.66. The summed E-state index contributed by atoms with van der Waals surface area (Å²) in [6, 6.07) is 12.5. The van der Waals surface area contributed by atoms with Gasteiger partial charge in [0.1, 0.15) is 17.5 Å². The maximum atomic E-state index is 4.59. The zero-order valence-corrected chi connectivity index (χ0v) is 22.1. The number of aromatic nitrogens is 2. The Morgan fingerprint density at radius 2 is 1.44 bits per heavy atom. The molecule has 0 aliphatic heterocycles. The molecule has 1 aliphatic rings. The molecule has 0 atom stereocenters. The van der Waals surface area contributed by atoms with Gasteiger partial charge in [0.05, 0.1) is 0 Å². The Bertz CT molecular complexity index is 825. The Kier molecular flexibility index (Phi) is 11.1. The SMILES string of the molecule is CCCCCCCCCc1ccc(CNC2CCC(Nc3cc(N(C)C)nc(C)n3)CC2)cc1. The summed E-state index contributed by atoms with van der Waals surface area (Å²) in [6.07, 6.45) is 15.6. The van der Waals surface area contributed by atoms with Gasteiger partial charge >= 0.3 is 0 Å². The van der Waals surface area contributed by atoms with Gasteiger partial charge in [-0.1, -0.05) is 69.7 Å². The maximum Gasteiger partial charge on any atom is 0.133 e. The fraction of sp³-hybridized carbons (Fsp3) is 0.655. The molecule has 2 N–H and O–H groups in total. The van der Waals surface area contributed by atoms with E-state index in [9.17, 15) is 0 Å². The number of nitrogens with zero attached hydrogens (tertiary/aromatic N) is 3. The minimum absolute atomic E-state index is 0.494. The summed E-state index contributed by atoms with van der Waals surface area (Å²) < 4.78 is 0. The number of hydrogen-bond donors (Lipinski definition) is 2. The summed E-state index contributed by atoms with van der Waals surface area (Å²) in [4.78, 5) is 11.1. The van der Waals surface area contributed by atoms with Crippen molar-refractivity contribution in [2.24, 2.45) is 0 Å². The van der Waals surface area contributed by atoms with Crippen LogP contribution in [-0.2, 0) is 13.0 Å². The molecule has 0 spiro atoms. The lowest BCUT2D eigenvalue weighted by Gasteiger charge is -2.30. The highest BCUT2D eigenvalue weighted by atomic mass is 15.2. The third-order valence-electron chi connectivity index (χ3n) is 7.05. The fourth-order valence-electron chi connectivity index (χ4n) is 4.88. The Labute approximate surface area is 208 Å². The molecule has 1 fully saturated rings. The smallest absolute Gasteiger partial charge is 0.133 e. The maximum absolute atomic E-state index is 4.59. The summed E-state index contributed by atoms with van der Waals surface area (Å²) >= 11 is 0. The van der Waals surface area contributed by atoms with E-state index in [4.69, 9.17) is 0 Å². The van der Waals surface area contributed by atoms with E-state index in [-0.39, 0.29) is 0 Å². The number of unbranched alkanes of at least 4 members (excludes halogenated alkanes) is 6. The first-order valence-electron chi connectivity index (χ1n) is 13.6. The van der Waals surface area contributed by atoms with Crippen LogP contribution < -0.4 is 15.5 Å². The zero-order valence-electron chi connectivity index (χ0n) is 22.1. The first-order valence-corrected chi connectivity index (χ1v) is 13.6. The van der Waals surface area contributed by atoms with Crippen LogP contribution in [0.15, 0.2) is 30.3 Å². The first kappa shape index (κ1) is 26.5. The molecule has 188 valence electrons. The average molecular weight is 466 g/mol.